The topological polar surface area (TPSA) is 59.2 Å². The molecule has 0 bridgehead atoms. The van der Waals surface area contributed by atoms with Crippen molar-refractivity contribution in [2.24, 2.45) is 5.92 Å². The lowest BCUT2D eigenvalue weighted by molar-refractivity contribution is 0.0668. The van der Waals surface area contributed by atoms with Gasteiger partial charge in [-0.15, -0.1) is 0 Å². The van der Waals surface area contributed by atoms with Gasteiger partial charge in [-0.25, -0.2) is 0 Å². The number of carbonyl (C=O) groups is 1. The molecule has 5 heteroatoms. The molecule has 1 amide bonds. The van der Waals surface area contributed by atoms with Crippen molar-refractivity contribution in [3.63, 3.8) is 0 Å². The number of rotatable bonds is 4. The van der Waals surface area contributed by atoms with E-state index < -0.39 is 0 Å². The smallest absolute Gasteiger partial charge is 0.253 e. The molecule has 1 aliphatic carbocycles. The summed E-state index contributed by atoms with van der Waals surface area (Å²) in [6.45, 7) is 5.68. The predicted molar refractivity (Wildman–Crippen MR) is 94.5 cm³/mol. The summed E-state index contributed by atoms with van der Waals surface area (Å²) >= 11 is 0. The Kier molecular flexibility index (Phi) is 4.32. The SMILES string of the molecule is Cc1cc(C)cc(C(=O)N2CCCC(Cc3nc(C4CC4)no3)C2)c1. The molecule has 1 aliphatic heterocycles. The van der Waals surface area contributed by atoms with Gasteiger partial charge in [0.05, 0.1) is 0 Å². The summed E-state index contributed by atoms with van der Waals surface area (Å²) in [4.78, 5) is 19.4. The maximum Gasteiger partial charge on any atom is 0.253 e. The average Bonchev–Trinajstić information content (AvgIpc) is 3.34. The van der Waals surface area contributed by atoms with Gasteiger partial charge in [-0.3, -0.25) is 4.79 Å². The number of likely N-dealkylation sites (tertiary alicyclic amines) is 1. The molecule has 132 valence electrons. The van der Waals surface area contributed by atoms with Crippen LogP contribution < -0.4 is 0 Å². The summed E-state index contributed by atoms with van der Waals surface area (Å²) in [5.74, 6) is 2.66. The molecule has 0 radical (unpaired) electrons. The molecular formula is C20H25N3O2. The lowest BCUT2D eigenvalue weighted by atomic mass is 9.94. The molecule has 2 aliphatic rings. The largest absolute Gasteiger partial charge is 0.339 e. The van der Waals surface area contributed by atoms with Crippen molar-refractivity contribution in [2.45, 2.75) is 51.9 Å². The van der Waals surface area contributed by atoms with Crippen LogP contribution in [0.2, 0.25) is 0 Å². The Morgan fingerprint density at radius 2 is 1.96 bits per heavy atom. The molecule has 1 atom stereocenters. The van der Waals surface area contributed by atoms with Crippen LogP contribution in [0.3, 0.4) is 0 Å². The second kappa shape index (κ2) is 6.62. The third kappa shape index (κ3) is 3.75. The first-order chi connectivity index (χ1) is 12.1. The molecular weight excluding hydrogens is 314 g/mol. The number of hydrogen-bond donors (Lipinski definition) is 0. The Hall–Kier alpha value is -2.17. The molecule has 1 saturated heterocycles. The van der Waals surface area contributed by atoms with Gasteiger partial charge in [0.25, 0.3) is 5.91 Å². The first kappa shape index (κ1) is 16.3. The average molecular weight is 339 g/mol. The number of benzene rings is 1. The predicted octanol–water partition coefficient (Wildman–Crippen LogP) is 3.66. The Labute approximate surface area is 148 Å². The van der Waals surface area contributed by atoms with Crippen molar-refractivity contribution in [3.8, 4) is 0 Å². The number of carbonyl (C=O) groups excluding carboxylic acids is 1. The minimum absolute atomic E-state index is 0.140. The summed E-state index contributed by atoms with van der Waals surface area (Å²) in [5, 5.41) is 4.10. The third-order valence-corrected chi connectivity index (χ3v) is 5.16. The van der Waals surface area contributed by atoms with E-state index in [1.807, 2.05) is 30.9 Å². The molecule has 1 aromatic heterocycles. The van der Waals surface area contributed by atoms with Crippen molar-refractivity contribution in [2.75, 3.05) is 13.1 Å². The Morgan fingerprint density at radius 1 is 1.20 bits per heavy atom. The van der Waals surface area contributed by atoms with Crippen LogP contribution in [0.25, 0.3) is 0 Å². The molecule has 1 aromatic carbocycles. The molecule has 2 aromatic rings. The minimum Gasteiger partial charge on any atom is -0.339 e. The number of amides is 1. The fourth-order valence-corrected chi connectivity index (χ4v) is 3.80. The van der Waals surface area contributed by atoms with E-state index in [1.165, 1.54) is 12.8 Å². The van der Waals surface area contributed by atoms with Crippen LogP contribution in [0.5, 0.6) is 0 Å². The van der Waals surface area contributed by atoms with E-state index >= 15 is 0 Å². The van der Waals surface area contributed by atoms with E-state index in [0.29, 0.717) is 11.8 Å². The van der Waals surface area contributed by atoms with E-state index in [4.69, 9.17) is 4.52 Å². The number of aryl methyl sites for hydroxylation is 2. The van der Waals surface area contributed by atoms with Crippen LogP contribution in [-0.4, -0.2) is 34.0 Å². The van der Waals surface area contributed by atoms with Crippen molar-refractivity contribution in [1.29, 1.82) is 0 Å². The fraction of sp³-hybridized carbons (Fsp3) is 0.550. The van der Waals surface area contributed by atoms with Crippen LogP contribution in [0, 0.1) is 19.8 Å². The van der Waals surface area contributed by atoms with Crippen LogP contribution in [0.1, 0.15) is 64.8 Å². The maximum atomic E-state index is 12.9. The van der Waals surface area contributed by atoms with E-state index in [1.54, 1.807) is 0 Å². The van der Waals surface area contributed by atoms with Crippen molar-refractivity contribution >= 4 is 5.91 Å². The maximum absolute atomic E-state index is 12.9. The summed E-state index contributed by atoms with van der Waals surface area (Å²) in [7, 11) is 0. The highest BCUT2D eigenvalue weighted by atomic mass is 16.5. The van der Waals surface area contributed by atoms with Crippen LogP contribution in [-0.2, 0) is 6.42 Å². The highest BCUT2D eigenvalue weighted by Crippen LogP contribution is 2.38. The van der Waals surface area contributed by atoms with E-state index in [9.17, 15) is 4.79 Å². The monoisotopic (exact) mass is 339 g/mol. The van der Waals surface area contributed by atoms with Crippen LogP contribution >= 0.6 is 0 Å². The summed E-state index contributed by atoms with van der Waals surface area (Å²) < 4.78 is 5.42. The van der Waals surface area contributed by atoms with Gasteiger partial charge < -0.3 is 9.42 Å². The summed E-state index contributed by atoms with van der Waals surface area (Å²) in [5.41, 5.74) is 3.07. The van der Waals surface area contributed by atoms with E-state index in [2.05, 4.69) is 16.2 Å². The third-order valence-electron chi connectivity index (χ3n) is 5.16. The molecule has 1 saturated carbocycles. The number of hydrogen-bond acceptors (Lipinski definition) is 4. The highest BCUT2D eigenvalue weighted by Gasteiger charge is 2.30. The zero-order chi connectivity index (χ0) is 17.4. The van der Waals surface area contributed by atoms with Gasteiger partial charge >= 0.3 is 0 Å². The summed E-state index contributed by atoms with van der Waals surface area (Å²) in [6, 6.07) is 6.07. The van der Waals surface area contributed by atoms with Gasteiger partial charge in [-0.2, -0.15) is 4.98 Å². The molecule has 25 heavy (non-hydrogen) atoms. The van der Waals surface area contributed by atoms with Gasteiger partial charge in [0, 0.05) is 31.0 Å². The van der Waals surface area contributed by atoms with Gasteiger partial charge in [0.15, 0.2) is 5.82 Å². The number of aromatic nitrogens is 2. The fourth-order valence-electron chi connectivity index (χ4n) is 3.80. The van der Waals surface area contributed by atoms with Crippen LogP contribution in [0.4, 0.5) is 0 Å². The number of piperidine rings is 1. The number of nitrogens with zero attached hydrogens (tertiary/aromatic N) is 3. The Bertz CT molecular complexity index is 759. The first-order valence-electron chi connectivity index (χ1n) is 9.28. The van der Waals surface area contributed by atoms with Crippen molar-refractivity contribution < 1.29 is 9.32 Å². The molecule has 4 rings (SSSR count). The zero-order valence-corrected chi connectivity index (χ0v) is 15.0. The second-order valence-corrected chi connectivity index (χ2v) is 7.66. The van der Waals surface area contributed by atoms with Gasteiger partial charge in [0.2, 0.25) is 5.89 Å². The second-order valence-electron chi connectivity index (χ2n) is 7.66. The lowest BCUT2D eigenvalue weighted by Gasteiger charge is -2.32. The molecule has 2 fully saturated rings. The summed E-state index contributed by atoms with van der Waals surface area (Å²) in [6.07, 6.45) is 5.28. The van der Waals surface area contributed by atoms with Gasteiger partial charge in [-0.05, 0) is 57.6 Å². The van der Waals surface area contributed by atoms with Gasteiger partial charge in [-0.1, -0.05) is 22.3 Å². The molecule has 0 N–H and O–H groups in total. The van der Waals surface area contributed by atoms with Crippen LogP contribution in [0.15, 0.2) is 22.7 Å². The standard InChI is InChI=1S/C20H25N3O2/c1-13-8-14(2)10-17(9-13)20(24)23-7-3-4-15(12-23)11-18-21-19(22-25-18)16-5-6-16/h8-10,15-16H,3-7,11-12H2,1-2H3. The Morgan fingerprint density at radius 3 is 2.68 bits per heavy atom. The van der Waals surface area contributed by atoms with E-state index in [0.717, 1.165) is 60.8 Å². The molecule has 2 heterocycles. The van der Waals surface area contributed by atoms with Crippen molar-refractivity contribution in [3.05, 3.63) is 46.6 Å². The Balaban J connectivity index is 1.41. The first-order valence-corrected chi connectivity index (χ1v) is 9.28. The quantitative estimate of drug-likeness (QED) is 0.853. The molecule has 5 nitrogen and oxygen atoms in total. The van der Waals surface area contributed by atoms with E-state index in [-0.39, 0.29) is 5.91 Å². The van der Waals surface area contributed by atoms with Gasteiger partial charge in [0.1, 0.15) is 0 Å². The normalized spacial score (nSPS) is 20.7. The zero-order valence-electron chi connectivity index (χ0n) is 15.0. The minimum atomic E-state index is 0.140. The highest BCUT2D eigenvalue weighted by molar-refractivity contribution is 5.94. The van der Waals surface area contributed by atoms with Crippen molar-refractivity contribution in [1.82, 2.24) is 15.0 Å². The molecule has 0 spiro atoms. The lowest BCUT2D eigenvalue weighted by Crippen LogP contribution is -2.40. The molecule has 1 unspecified atom stereocenters.